The van der Waals surface area contributed by atoms with Gasteiger partial charge < -0.3 is 26.6 Å². The molecule has 0 spiro atoms. The molecule has 12 nitrogen and oxygen atoms in total. The Morgan fingerprint density at radius 3 is 2.62 bits per heavy atom. The number of rotatable bonds is 12. The number of aryl methyl sites for hydroxylation is 1. The van der Waals surface area contributed by atoms with Crippen molar-refractivity contribution in [3.05, 3.63) is 42.9 Å². The monoisotopic (exact) mass is 471 g/mol. The Balaban J connectivity index is 0.00000199. The lowest BCUT2D eigenvalue weighted by Crippen LogP contribution is -2.27. The van der Waals surface area contributed by atoms with Crippen molar-refractivity contribution >= 4 is 34.8 Å². The van der Waals surface area contributed by atoms with Gasteiger partial charge in [-0.3, -0.25) is 14.5 Å². The summed E-state index contributed by atoms with van der Waals surface area (Å²) in [6, 6.07) is 7.21. The summed E-state index contributed by atoms with van der Waals surface area (Å²) in [6.07, 6.45) is 6.15. The van der Waals surface area contributed by atoms with Crippen molar-refractivity contribution in [1.29, 1.82) is 0 Å². The predicted octanol–water partition coefficient (Wildman–Crippen LogP) is 2.63. The Hall–Kier alpha value is -3.90. The van der Waals surface area contributed by atoms with E-state index in [2.05, 4.69) is 20.4 Å². The zero-order valence-electron chi connectivity index (χ0n) is 19.5. The van der Waals surface area contributed by atoms with E-state index in [4.69, 9.17) is 27.2 Å². The van der Waals surface area contributed by atoms with Gasteiger partial charge in [-0.1, -0.05) is 13.8 Å². The number of ether oxygens (including phenoxy) is 1. The number of nitrogens with two attached hydrogens (primary N) is 3. The SMILES string of the molecule is CC.NCCCOc1ccc(N(N)c2nc(Nc3cnn(CCCC(=O)O)c3)ncc2N)cc1. The summed E-state index contributed by atoms with van der Waals surface area (Å²) in [7, 11) is 0. The first-order chi connectivity index (χ1) is 16.5. The average Bonchev–Trinajstić information content (AvgIpc) is 3.28. The van der Waals surface area contributed by atoms with Gasteiger partial charge in [0.15, 0.2) is 5.82 Å². The van der Waals surface area contributed by atoms with Gasteiger partial charge in [-0.05, 0) is 43.7 Å². The summed E-state index contributed by atoms with van der Waals surface area (Å²) in [4.78, 5) is 19.2. The largest absolute Gasteiger partial charge is 0.494 e. The molecule has 0 fully saturated rings. The van der Waals surface area contributed by atoms with Crippen LogP contribution in [0.1, 0.15) is 33.1 Å². The van der Waals surface area contributed by atoms with Gasteiger partial charge in [-0.25, -0.2) is 10.8 Å². The zero-order valence-corrected chi connectivity index (χ0v) is 19.5. The van der Waals surface area contributed by atoms with Gasteiger partial charge in [0, 0.05) is 19.2 Å². The first-order valence-corrected chi connectivity index (χ1v) is 11.1. The van der Waals surface area contributed by atoms with Gasteiger partial charge >= 0.3 is 5.97 Å². The number of aromatic nitrogens is 4. The van der Waals surface area contributed by atoms with E-state index >= 15 is 0 Å². The molecule has 184 valence electrons. The van der Waals surface area contributed by atoms with Crippen molar-refractivity contribution in [1.82, 2.24) is 19.7 Å². The van der Waals surface area contributed by atoms with Crippen LogP contribution in [0, 0.1) is 0 Å². The van der Waals surface area contributed by atoms with Crippen LogP contribution in [0.3, 0.4) is 0 Å². The number of hydrogen-bond acceptors (Lipinski definition) is 10. The van der Waals surface area contributed by atoms with Crippen LogP contribution in [-0.2, 0) is 11.3 Å². The molecular formula is C22H33N9O3. The number of nitrogen functional groups attached to an aromatic ring is 1. The van der Waals surface area contributed by atoms with Gasteiger partial charge in [0.2, 0.25) is 5.95 Å². The Kier molecular flexibility index (Phi) is 10.5. The Bertz CT molecular complexity index is 1020. The highest BCUT2D eigenvalue weighted by molar-refractivity contribution is 5.71. The molecule has 0 bridgehead atoms. The van der Waals surface area contributed by atoms with Crippen molar-refractivity contribution in [2.24, 2.45) is 11.6 Å². The number of hydrazine groups is 1. The van der Waals surface area contributed by atoms with E-state index < -0.39 is 5.97 Å². The molecule has 0 radical (unpaired) electrons. The minimum Gasteiger partial charge on any atom is -0.494 e. The van der Waals surface area contributed by atoms with Gasteiger partial charge in [0.05, 0.1) is 36.1 Å². The fraction of sp³-hybridized carbons (Fsp3) is 0.364. The molecule has 34 heavy (non-hydrogen) atoms. The number of nitrogens with zero attached hydrogens (tertiary/aromatic N) is 5. The van der Waals surface area contributed by atoms with Gasteiger partial charge in [0.1, 0.15) is 5.75 Å². The number of carboxylic acids is 1. The highest BCUT2D eigenvalue weighted by Gasteiger charge is 2.13. The Morgan fingerprint density at radius 2 is 1.94 bits per heavy atom. The van der Waals surface area contributed by atoms with E-state index in [9.17, 15) is 4.79 Å². The molecule has 1 aromatic carbocycles. The molecule has 12 heteroatoms. The molecule has 0 aliphatic rings. The second-order valence-electron chi connectivity index (χ2n) is 6.94. The average molecular weight is 472 g/mol. The van der Waals surface area contributed by atoms with Gasteiger partial charge in [0.25, 0.3) is 0 Å². The molecule has 0 atom stereocenters. The maximum atomic E-state index is 10.6. The van der Waals surface area contributed by atoms with Crippen LogP contribution in [0.2, 0.25) is 0 Å². The van der Waals surface area contributed by atoms with Crippen molar-refractivity contribution in [3.8, 4) is 5.75 Å². The van der Waals surface area contributed by atoms with Crippen LogP contribution in [0.15, 0.2) is 42.9 Å². The summed E-state index contributed by atoms with van der Waals surface area (Å²) in [5.74, 6) is 6.75. The highest BCUT2D eigenvalue weighted by Crippen LogP contribution is 2.28. The van der Waals surface area contributed by atoms with Crippen molar-refractivity contribution < 1.29 is 14.6 Å². The Labute approximate surface area is 198 Å². The van der Waals surface area contributed by atoms with Crippen LogP contribution < -0.4 is 32.4 Å². The molecule has 0 aliphatic carbocycles. The summed E-state index contributed by atoms with van der Waals surface area (Å²) < 4.78 is 7.25. The summed E-state index contributed by atoms with van der Waals surface area (Å²) in [6.45, 7) is 5.61. The molecule has 3 aromatic rings. The summed E-state index contributed by atoms with van der Waals surface area (Å²) in [5.41, 5.74) is 13.1. The minimum absolute atomic E-state index is 0.0835. The quantitative estimate of drug-likeness (QED) is 0.149. The van der Waals surface area contributed by atoms with Gasteiger partial charge in [-0.2, -0.15) is 10.1 Å². The second-order valence-corrected chi connectivity index (χ2v) is 6.94. The lowest BCUT2D eigenvalue weighted by atomic mass is 10.3. The summed E-state index contributed by atoms with van der Waals surface area (Å²) >= 11 is 0. The molecule has 0 aliphatic heterocycles. The smallest absolute Gasteiger partial charge is 0.303 e. The standard InChI is InChI=1S/C20H27N9O3.C2H6/c21-8-2-10-32-16-6-4-15(5-7-16)29(23)19-17(22)12-24-20(27-19)26-14-11-25-28(13-14)9-1-3-18(30)31;1-2/h4-7,11-13H,1-3,8-10,21-23H2,(H,30,31)(H,24,26,27);1-2H3. The first-order valence-electron chi connectivity index (χ1n) is 11.1. The number of benzene rings is 1. The topological polar surface area (TPSA) is 183 Å². The van der Waals surface area contributed by atoms with Crippen LogP contribution in [0.5, 0.6) is 5.75 Å². The molecule has 0 unspecified atom stereocenters. The van der Waals surface area contributed by atoms with E-state index in [0.717, 1.165) is 6.42 Å². The van der Waals surface area contributed by atoms with E-state index in [0.29, 0.717) is 54.7 Å². The molecule has 0 saturated carbocycles. The number of hydrogen-bond donors (Lipinski definition) is 5. The van der Waals surface area contributed by atoms with Crippen molar-refractivity contribution in [2.45, 2.75) is 39.7 Å². The molecule has 3 rings (SSSR count). The lowest BCUT2D eigenvalue weighted by Gasteiger charge is -2.20. The summed E-state index contributed by atoms with van der Waals surface area (Å²) in [5, 5.41) is 17.3. The third-order valence-electron chi connectivity index (χ3n) is 4.42. The highest BCUT2D eigenvalue weighted by atomic mass is 16.5. The van der Waals surface area contributed by atoms with E-state index in [-0.39, 0.29) is 12.4 Å². The molecule has 0 amide bonds. The fourth-order valence-corrected chi connectivity index (χ4v) is 2.81. The third-order valence-corrected chi connectivity index (χ3v) is 4.42. The second kappa shape index (κ2) is 13.6. The number of aliphatic carboxylic acids is 1. The number of nitrogens with one attached hydrogen (secondary N) is 1. The van der Waals surface area contributed by atoms with Crippen molar-refractivity contribution in [2.75, 3.05) is 29.2 Å². The van der Waals surface area contributed by atoms with E-state index in [1.807, 2.05) is 13.8 Å². The van der Waals surface area contributed by atoms with E-state index in [1.54, 1.807) is 41.3 Å². The normalized spacial score (nSPS) is 10.2. The number of carboxylic acid groups (broad SMARTS) is 1. The van der Waals surface area contributed by atoms with Crippen LogP contribution in [0.4, 0.5) is 28.8 Å². The fourth-order valence-electron chi connectivity index (χ4n) is 2.81. The lowest BCUT2D eigenvalue weighted by molar-refractivity contribution is -0.137. The maximum absolute atomic E-state index is 10.6. The minimum atomic E-state index is -0.835. The third kappa shape index (κ3) is 7.90. The van der Waals surface area contributed by atoms with E-state index in [1.165, 1.54) is 11.2 Å². The number of anilines is 5. The molecule has 2 heterocycles. The first kappa shape index (κ1) is 26.4. The molecule has 2 aromatic heterocycles. The number of carbonyl (C=O) groups is 1. The van der Waals surface area contributed by atoms with Gasteiger partial charge in [-0.15, -0.1) is 0 Å². The molecule has 8 N–H and O–H groups in total. The molecular weight excluding hydrogens is 438 g/mol. The van der Waals surface area contributed by atoms with Crippen LogP contribution in [-0.4, -0.2) is 44.0 Å². The Morgan fingerprint density at radius 1 is 1.21 bits per heavy atom. The molecule has 0 saturated heterocycles. The zero-order chi connectivity index (χ0) is 24.9. The van der Waals surface area contributed by atoms with Crippen molar-refractivity contribution in [3.63, 3.8) is 0 Å². The predicted molar refractivity (Wildman–Crippen MR) is 132 cm³/mol. The maximum Gasteiger partial charge on any atom is 0.303 e. The van der Waals surface area contributed by atoms with Crippen LogP contribution >= 0.6 is 0 Å². The van der Waals surface area contributed by atoms with Crippen LogP contribution in [0.25, 0.3) is 0 Å².